The molecule has 2 aliphatic heterocycles. The molecule has 2 aliphatic rings. The van der Waals surface area contributed by atoms with Crippen molar-refractivity contribution in [2.24, 2.45) is 0 Å². The molecule has 1 fully saturated rings. The zero-order chi connectivity index (χ0) is 19.3. The summed E-state index contributed by atoms with van der Waals surface area (Å²) in [6.45, 7) is 1.94. The van der Waals surface area contributed by atoms with E-state index in [1.54, 1.807) is 4.90 Å². The van der Waals surface area contributed by atoms with Crippen molar-refractivity contribution in [1.82, 2.24) is 4.90 Å². The van der Waals surface area contributed by atoms with Crippen LogP contribution in [0, 0.1) is 0 Å². The Morgan fingerprint density at radius 3 is 2.64 bits per heavy atom. The quantitative estimate of drug-likeness (QED) is 0.776. The van der Waals surface area contributed by atoms with Crippen molar-refractivity contribution < 1.29 is 14.3 Å². The van der Waals surface area contributed by atoms with Gasteiger partial charge in [0.25, 0.3) is 0 Å². The van der Waals surface area contributed by atoms with Crippen molar-refractivity contribution >= 4 is 17.5 Å². The Morgan fingerprint density at radius 1 is 1.07 bits per heavy atom. The molecule has 0 saturated carbocycles. The minimum atomic E-state index is -0.0376. The van der Waals surface area contributed by atoms with Crippen LogP contribution in [0.3, 0.4) is 0 Å². The van der Waals surface area contributed by atoms with Gasteiger partial charge in [-0.05, 0) is 36.5 Å². The number of amides is 2. The van der Waals surface area contributed by atoms with E-state index in [2.05, 4.69) is 0 Å². The first-order chi connectivity index (χ1) is 13.7. The number of carbonyl (C=O) groups excluding carboxylic acids is 2. The van der Waals surface area contributed by atoms with E-state index in [1.165, 1.54) is 0 Å². The normalized spacial score (nSPS) is 18.8. The summed E-state index contributed by atoms with van der Waals surface area (Å²) in [7, 11) is 0. The lowest BCUT2D eigenvalue weighted by Crippen LogP contribution is -2.46. The van der Waals surface area contributed by atoms with E-state index < -0.39 is 0 Å². The molecule has 2 aromatic rings. The predicted octanol–water partition coefficient (Wildman–Crippen LogP) is 3.17. The average molecular weight is 378 g/mol. The van der Waals surface area contributed by atoms with Crippen LogP contribution in [0.25, 0.3) is 0 Å². The minimum Gasteiger partial charge on any atom is -0.376 e. The highest BCUT2D eigenvalue weighted by molar-refractivity contribution is 6.01. The molecule has 5 heteroatoms. The van der Waals surface area contributed by atoms with Crippen LogP contribution in [-0.4, -0.2) is 42.5 Å². The van der Waals surface area contributed by atoms with Crippen LogP contribution in [0.2, 0.25) is 0 Å². The number of rotatable bonds is 6. The Labute approximate surface area is 165 Å². The smallest absolute Gasteiger partial charge is 0.243 e. The summed E-state index contributed by atoms with van der Waals surface area (Å²) in [5.41, 5.74) is 3.08. The molecule has 0 spiro atoms. The van der Waals surface area contributed by atoms with Crippen LogP contribution >= 0.6 is 0 Å². The molecule has 0 aliphatic carbocycles. The average Bonchev–Trinajstić information content (AvgIpc) is 3.23. The second-order valence-electron chi connectivity index (χ2n) is 7.50. The van der Waals surface area contributed by atoms with E-state index >= 15 is 0 Å². The molecular weight excluding hydrogens is 352 g/mol. The van der Waals surface area contributed by atoms with Crippen molar-refractivity contribution in [2.45, 2.75) is 38.3 Å². The zero-order valence-electron chi connectivity index (χ0n) is 16.0. The standard InChI is InChI=1S/C23H26N2O3/c26-22-13-12-19-9-4-5-11-21(19)25(22)17-23(27)24(16-20-10-6-14-28-20)15-18-7-2-1-3-8-18/h1-5,7-9,11,20H,6,10,12-17H2. The summed E-state index contributed by atoms with van der Waals surface area (Å²) in [5.74, 6) is -0.0202. The first kappa shape index (κ1) is 18.7. The summed E-state index contributed by atoms with van der Waals surface area (Å²) >= 11 is 0. The first-order valence-corrected chi connectivity index (χ1v) is 10.0. The molecule has 0 N–H and O–H groups in total. The van der Waals surface area contributed by atoms with Gasteiger partial charge < -0.3 is 14.5 Å². The molecule has 0 radical (unpaired) electrons. The van der Waals surface area contributed by atoms with Crippen LogP contribution in [0.15, 0.2) is 54.6 Å². The molecule has 1 saturated heterocycles. The molecule has 1 atom stereocenters. The Hall–Kier alpha value is -2.66. The third-order valence-corrected chi connectivity index (χ3v) is 5.50. The lowest BCUT2D eigenvalue weighted by molar-refractivity contribution is -0.133. The summed E-state index contributed by atoms with van der Waals surface area (Å²) in [6.07, 6.45) is 3.29. The molecule has 4 rings (SSSR count). The highest BCUT2D eigenvalue weighted by Gasteiger charge is 2.29. The summed E-state index contributed by atoms with van der Waals surface area (Å²) in [6, 6.07) is 17.8. The monoisotopic (exact) mass is 378 g/mol. The highest BCUT2D eigenvalue weighted by atomic mass is 16.5. The Morgan fingerprint density at radius 2 is 1.86 bits per heavy atom. The molecule has 0 aromatic heterocycles. The Kier molecular flexibility index (Phi) is 5.72. The van der Waals surface area contributed by atoms with Crippen LogP contribution in [0.4, 0.5) is 5.69 Å². The largest absolute Gasteiger partial charge is 0.376 e. The molecule has 28 heavy (non-hydrogen) atoms. The van der Waals surface area contributed by atoms with Gasteiger partial charge in [-0.3, -0.25) is 9.59 Å². The number of carbonyl (C=O) groups is 2. The SMILES string of the molecule is O=C(CN1C(=O)CCc2ccccc21)N(Cc1ccccc1)CC1CCCO1. The van der Waals surface area contributed by atoms with Gasteiger partial charge in [0.05, 0.1) is 6.10 Å². The fourth-order valence-electron chi connectivity index (χ4n) is 4.00. The maximum absolute atomic E-state index is 13.2. The second-order valence-corrected chi connectivity index (χ2v) is 7.50. The van der Waals surface area contributed by atoms with Crippen molar-refractivity contribution in [3.63, 3.8) is 0 Å². The van der Waals surface area contributed by atoms with Gasteiger partial charge in [-0.25, -0.2) is 0 Å². The fraction of sp³-hybridized carbons (Fsp3) is 0.391. The number of benzene rings is 2. The molecule has 146 valence electrons. The van der Waals surface area contributed by atoms with Crippen molar-refractivity contribution in [3.8, 4) is 0 Å². The van der Waals surface area contributed by atoms with Gasteiger partial charge in [0.2, 0.25) is 11.8 Å². The van der Waals surface area contributed by atoms with Crippen LogP contribution in [0.1, 0.15) is 30.4 Å². The van der Waals surface area contributed by atoms with Gasteiger partial charge in [-0.15, -0.1) is 0 Å². The van der Waals surface area contributed by atoms with Gasteiger partial charge in [0.1, 0.15) is 6.54 Å². The first-order valence-electron chi connectivity index (χ1n) is 10.0. The number of anilines is 1. The van der Waals surface area contributed by atoms with Gasteiger partial charge in [0, 0.05) is 31.8 Å². The van der Waals surface area contributed by atoms with E-state index in [0.717, 1.165) is 42.7 Å². The van der Waals surface area contributed by atoms with Gasteiger partial charge in [-0.1, -0.05) is 48.5 Å². The van der Waals surface area contributed by atoms with Crippen molar-refractivity contribution in [3.05, 3.63) is 65.7 Å². The summed E-state index contributed by atoms with van der Waals surface area (Å²) in [4.78, 5) is 29.3. The summed E-state index contributed by atoms with van der Waals surface area (Å²) in [5, 5.41) is 0. The van der Waals surface area contributed by atoms with E-state index in [1.807, 2.05) is 59.5 Å². The van der Waals surface area contributed by atoms with Crippen LogP contribution in [0.5, 0.6) is 0 Å². The molecular formula is C23H26N2O3. The van der Waals surface area contributed by atoms with Crippen molar-refractivity contribution in [1.29, 1.82) is 0 Å². The molecule has 2 amide bonds. The Balaban J connectivity index is 1.52. The van der Waals surface area contributed by atoms with E-state index in [0.29, 0.717) is 19.5 Å². The molecule has 2 heterocycles. The predicted molar refractivity (Wildman–Crippen MR) is 108 cm³/mol. The lowest BCUT2D eigenvalue weighted by Gasteiger charge is -2.32. The molecule has 5 nitrogen and oxygen atoms in total. The van der Waals surface area contributed by atoms with E-state index in [-0.39, 0.29) is 24.5 Å². The van der Waals surface area contributed by atoms with Crippen LogP contribution < -0.4 is 4.90 Å². The number of ether oxygens (including phenoxy) is 1. The van der Waals surface area contributed by atoms with Gasteiger partial charge >= 0.3 is 0 Å². The number of fused-ring (bicyclic) bond motifs is 1. The Bertz CT molecular complexity index is 831. The van der Waals surface area contributed by atoms with E-state index in [9.17, 15) is 9.59 Å². The fourth-order valence-corrected chi connectivity index (χ4v) is 4.00. The second kappa shape index (κ2) is 8.57. The third-order valence-electron chi connectivity index (χ3n) is 5.50. The molecule has 1 unspecified atom stereocenters. The zero-order valence-corrected chi connectivity index (χ0v) is 16.0. The number of hydrogen-bond acceptors (Lipinski definition) is 3. The topological polar surface area (TPSA) is 49.9 Å². The highest BCUT2D eigenvalue weighted by Crippen LogP contribution is 2.27. The summed E-state index contributed by atoms with van der Waals surface area (Å²) < 4.78 is 5.76. The lowest BCUT2D eigenvalue weighted by atomic mass is 10.0. The maximum atomic E-state index is 13.2. The minimum absolute atomic E-state index is 0.0174. The van der Waals surface area contributed by atoms with Gasteiger partial charge in [-0.2, -0.15) is 0 Å². The number of hydrogen-bond donors (Lipinski definition) is 0. The molecule has 2 aromatic carbocycles. The number of para-hydroxylation sites is 1. The van der Waals surface area contributed by atoms with Crippen molar-refractivity contribution in [2.75, 3.05) is 24.6 Å². The molecule has 0 bridgehead atoms. The third kappa shape index (κ3) is 4.25. The number of nitrogens with zero attached hydrogens (tertiary/aromatic N) is 2. The van der Waals surface area contributed by atoms with Crippen LogP contribution in [-0.2, 0) is 27.3 Å². The maximum Gasteiger partial charge on any atom is 0.243 e. The van der Waals surface area contributed by atoms with E-state index in [4.69, 9.17) is 4.74 Å². The number of aryl methyl sites for hydroxylation is 1. The van der Waals surface area contributed by atoms with Gasteiger partial charge in [0.15, 0.2) is 0 Å².